The van der Waals surface area contributed by atoms with Crippen LogP contribution in [0.5, 0.6) is 0 Å². The van der Waals surface area contributed by atoms with E-state index in [0.717, 1.165) is 36.9 Å². The van der Waals surface area contributed by atoms with Crippen LogP contribution in [0.25, 0.3) is 5.69 Å². The van der Waals surface area contributed by atoms with Gasteiger partial charge in [0, 0.05) is 12.2 Å². The van der Waals surface area contributed by atoms with E-state index in [1.165, 1.54) is 11.3 Å². The Labute approximate surface area is 142 Å². The van der Waals surface area contributed by atoms with Gasteiger partial charge in [0.2, 0.25) is 10.0 Å². The van der Waals surface area contributed by atoms with Gasteiger partial charge in [0.05, 0.1) is 30.3 Å². The van der Waals surface area contributed by atoms with Gasteiger partial charge in [0.25, 0.3) is 0 Å². The third kappa shape index (κ3) is 4.03. The minimum absolute atomic E-state index is 0.210. The number of rotatable bonds is 7. The quantitative estimate of drug-likeness (QED) is 0.827. The van der Waals surface area contributed by atoms with E-state index in [0.29, 0.717) is 6.61 Å². The van der Waals surface area contributed by atoms with E-state index in [9.17, 15) is 8.42 Å². The summed E-state index contributed by atoms with van der Waals surface area (Å²) in [4.78, 5) is 0. The summed E-state index contributed by atoms with van der Waals surface area (Å²) >= 11 is 0. The normalized spacial score (nSPS) is 15.4. The first kappa shape index (κ1) is 17.1. The van der Waals surface area contributed by atoms with Gasteiger partial charge in [-0.05, 0) is 43.9 Å². The predicted octanol–water partition coefficient (Wildman–Crippen LogP) is 1.82. The summed E-state index contributed by atoms with van der Waals surface area (Å²) in [5, 5.41) is 4.74. The van der Waals surface area contributed by atoms with Crippen LogP contribution < -0.4 is 4.72 Å². The zero-order valence-electron chi connectivity index (χ0n) is 14.0. The number of hydrogen-bond donors (Lipinski definition) is 1. The fourth-order valence-electron chi connectivity index (χ4n) is 2.96. The maximum Gasteiger partial charge on any atom is 0.208 e. The number of aromatic nitrogens is 2. The maximum absolute atomic E-state index is 11.1. The number of nitrogens with one attached hydrogen (secondary N) is 1. The van der Waals surface area contributed by atoms with Crippen molar-refractivity contribution in [2.75, 3.05) is 12.8 Å². The average Bonchev–Trinajstić information content (AvgIpc) is 3.14. The second-order valence-corrected chi connectivity index (χ2v) is 8.05. The van der Waals surface area contributed by atoms with Crippen molar-refractivity contribution in [2.45, 2.75) is 38.9 Å². The molecule has 0 fully saturated rings. The van der Waals surface area contributed by atoms with Crippen LogP contribution in [0.3, 0.4) is 0 Å². The molecule has 7 heteroatoms. The van der Waals surface area contributed by atoms with E-state index in [4.69, 9.17) is 9.84 Å². The smallest absolute Gasteiger partial charge is 0.208 e. The van der Waals surface area contributed by atoms with Crippen LogP contribution in [-0.4, -0.2) is 37.1 Å². The van der Waals surface area contributed by atoms with Crippen molar-refractivity contribution in [3.05, 3.63) is 47.3 Å². The zero-order chi connectivity index (χ0) is 17.2. The summed E-state index contributed by atoms with van der Waals surface area (Å²) in [6, 6.07) is 10.1. The summed E-state index contributed by atoms with van der Waals surface area (Å²) in [7, 11) is -3.19. The van der Waals surface area contributed by atoms with Crippen molar-refractivity contribution in [1.82, 2.24) is 14.5 Å². The molecule has 2 aromatic rings. The molecule has 1 N–H and O–H groups in total. The minimum Gasteiger partial charge on any atom is -0.371 e. The van der Waals surface area contributed by atoms with Gasteiger partial charge >= 0.3 is 0 Å². The molecule has 3 rings (SSSR count). The number of nitrogens with zero attached hydrogens (tertiary/aromatic N) is 2. The number of hydrogen-bond acceptors (Lipinski definition) is 4. The SMILES string of the molecule is C[C@H](CNS(C)(=O)=O)OCc1nn(-c2ccccc2)c2c1CCC2. The predicted molar refractivity (Wildman–Crippen MR) is 92.7 cm³/mol. The fraction of sp³-hybridized carbons (Fsp3) is 0.471. The van der Waals surface area contributed by atoms with Gasteiger partial charge in [0.1, 0.15) is 0 Å². The van der Waals surface area contributed by atoms with Crippen LogP contribution in [0.2, 0.25) is 0 Å². The lowest BCUT2D eigenvalue weighted by Gasteiger charge is -2.12. The highest BCUT2D eigenvalue weighted by Gasteiger charge is 2.23. The van der Waals surface area contributed by atoms with Gasteiger partial charge in [-0.3, -0.25) is 0 Å². The lowest BCUT2D eigenvalue weighted by Crippen LogP contribution is -2.31. The third-order valence-corrected chi connectivity index (χ3v) is 4.84. The number of sulfonamides is 1. The van der Waals surface area contributed by atoms with Crippen molar-refractivity contribution in [2.24, 2.45) is 0 Å². The zero-order valence-corrected chi connectivity index (χ0v) is 14.8. The van der Waals surface area contributed by atoms with E-state index in [-0.39, 0.29) is 12.6 Å². The number of para-hydroxylation sites is 1. The molecule has 0 bridgehead atoms. The highest BCUT2D eigenvalue weighted by atomic mass is 32.2. The Morgan fingerprint density at radius 2 is 2.04 bits per heavy atom. The topological polar surface area (TPSA) is 73.2 Å². The molecule has 1 atom stereocenters. The Bertz CT molecular complexity index is 800. The lowest BCUT2D eigenvalue weighted by molar-refractivity contribution is 0.0541. The van der Waals surface area contributed by atoms with Crippen LogP contribution in [0.4, 0.5) is 0 Å². The van der Waals surface area contributed by atoms with Gasteiger partial charge < -0.3 is 4.74 Å². The largest absolute Gasteiger partial charge is 0.371 e. The van der Waals surface area contributed by atoms with E-state index in [1.54, 1.807) is 0 Å². The van der Waals surface area contributed by atoms with Crippen LogP contribution in [0.1, 0.15) is 30.3 Å². The number of ether oxygens (including phenoxy) is 1. The van der Waals surface area contributed by atoms with Crippen molar-refractivity contribution >= 4 is 10.0 Å². The summed E-state index contributed by atoms with van der Waals surface area (Å²) in [5.41, 5.74) is 4.56. The van der Waals surface area contributed by atoms with Gasteiger partial charge in [-0.25, -0.2) is 17.8 Å². The first-order valence-corrected chi connectivity index (χ1v) is 10.0. The summed E-state index contributed by atoms with van der Waals surface area (Å²) < 4.78 is 32.6. The number of benzene rings is 1. The molecule has 0 spiro atoms. The molecule has 0 saturated heterocycles. The summed E-state index contributed by atoms with van der Waals surface area (Å²) in [6.07, 6.45) is 4.13. The fourth-order valence-corrected chi connectivity index (χ4v) is 3.50. The molecule has 0 unspecified atom stereocenters. The Hall–Kier alpha value is -1.70. The van der Waals surface area contributed by atoms with Gasteiger partial charge in [-0.2, -0.15) is 5.10 Å². The molecule has 1 heterocycles. The Kier molecular flexibility index (Phi) is 5.03. The average molecular weight is 349 g/mol. The second kappa shape index (κ2) is 7.04. The molecule has 24 heavy (non-hydrogen) atoms. The molecule has 0 radical (unpaired) electrons. The molecule has 0 aliphatic heterocycles. The van der Waals surface area contributed by atoms with E-state index >= 15 is 0 Å². The maximum atomic E-state index is 11.1. The van der Waals surface area contributed by atoms with Crippen LogP contribution in [0, 0.1) is 0 Å². The van der Waals surface area contributed by atoms with Crippen molar-refractivity contribution in [3.63, 3.8) is 0 Å². The highest BCUT2D eigenvalue weighted by molar-refractivity contribution is 7.88. The molecule has 0 amide bonds. The minimum atomic E-state index is -3.19. The molecular weight excluding hydrogens is 326 g/mol. The highest BCUT2D eigenvalue weighted by Crippen LogP contribution is 2.28. The molecule has 6 nitrogen and oxygen atoms in total. The molecule has 0 saturated carbocycles. The van der Waals surface area contributed by atoms with E-state index in [2.05, 4.69) is 16.9 Å². The van der Waals surface area contributed by atoms with Crippen LogP contribution in [-0.2, 0) is 34.2 Å². The molecule has 1 aliphatic carbocycles. The van der Waals surface area contributed by atoms with E-state index < -0.39 is 10.0 Å². The van der Waals surface area contributed by atoms with Gasteiger partial charge in [0.15, 0.2) is 0 Å². The summed E-state index contributed by atoms with van der Waals surface area (Å²) in [5.74, 6) is 0. The monoisotopic (exact) mass is 349 g/mol. The summed E-state index contributed by atoms with van der Waals surface area (Å²) in [6.45, 7) is 2.52. The number of fused-ring (bicyclic) bond motifs is 1. The van der Waals surface area contributed by atoms with Gasteiger partial charge in [-0.15, -0.1) is 0 Å². The van der Waals surface area contributed by atoms with Crippen LogP contribution >= 0.6 is 0 Å². The standard InChI is InChI=1S/C17H23N3O3S/c1-13(11-18-24(2,21)22)23-12-16-15-9-6-10-17(15)20(19-16)14-7-4-3-5-8-14/h3-5,7-8,13,18H,6,9-12H2,1-2H3/t13-/m1/s1. The Balaban J connectivity index is 1.71. The van der Waals surface area contributed by atoms with Crippen molar-refractivity contribution < 1.29 is 13.2 Å². The first-order valence-electron chi connectivity index (χ1n) is 8.15. The molecule has 1 aromatic heterocycles. The first-order chi connectivity index (χ1) is 11.4. The Morgan fingerprint density at radius 3 is 2.75 bits per heavy atom. The Morgan fingerprint density at radius 1 is 1.29 bits per heavy atom. The molecule has 1 aliphatic rings. The van der Waals surface area contributed by atoms with Crippen molar-refractivity contribution in [3.8, 4) is 5.69 Å². The molecule has 1 aromatic carbocycles. The lowest BCUT2D eigenvalue weighted by atomic mass is 10.2. The van der Waals surface area contributed by atoms with E-state index in [1.807, 2.05) is 29.8 Å². The molecule has 130 valence electrons. The van der Waals surface area contributed by atoms with Crippen molar-refractivity contribution in [1.29, 1.82) is 0 Å². The van der Waals surface area contributed by atoms with Crippen LogP contribution in [0.15, 0.2) is 30.3 Å². The molecular formula is C17H23N3O3S. The third-order valence-electron chi connectivity index (χ3n) is 4.15. The second-order valence-electron chi connectivity index (χ2n) is 6.22. The van der Waals surface area contributed by atoms with Gasteiger partial charge in [-0.1, -0.05) is 18.2 Å².